The molecule has 2 rings (SSSR count). The van der Waals surface area contributed by atoms with Crippen molar-refractivity contribution in [3.05, 3.63) is 18.0 Å². The summed E-state index contributed by atoms with van der Waals surface area (Å²) in [5.41, 5.74) is 1.24. The summed E-state index contributed by atoms with van der Waals surface area (Å²) in [7, 11) is 0. The Hall–Kier alpha value is -0.250. The van der Waals surface area contributed by atoms with Crippen molar-refractivity contribution in [3.8, 4) is 0 Å². The summed E-state index contributed by atoms with van der Waals surface area (Å²) in [6.07, 6.45) is 3.99. The first-order valence-electron chi connectivity index (χ1n) is 3.58. The summed E-state index contributed by atoms with van der Waals surface area (Å²) in [4.78, 5) is 0. The summed E-state index contributed by atoms with van der Waals surface area (Å²) in [5.74, 6) is 0. The minimum Gasteiger partial charge on any atom is -0.312 e. The Morgan fingerprint density at radius 1 is 1.50 bits per heavy atom. The Kier molecular flexibility index (Phi) is 4.60. The van der Waals surface area contributed by atoms with Crippen LogP contribution in [0.3, 0.4) is 0 Å². The first kappa shape index (κ1) is 11.8. The fourth-order valence-corrected chi connectivity index (χ4v) is 1.09. The van der Waals surface area contributed by atoms with Gasteiger partial charge in [0.15, 0.2) is 0 Å². The molecule has 1 aliphatic rings. The van der Waals surface area contributed by atoms with Crippen LogP contribution in [0.25, 0.3) is 0 Å². The summed E-state index contributed by atoms with van der Waals surface area (Å²) in [6, 6.07) is 0.605. The lowest BCUT2D eigenvalue weighted by Gasteiger charge is -2.27. The van der Waals surface area contributed by atoms with Crippen LogP contribution >= 0.6 is 24.8 Å². The highest BCUT2D eigenvalue weighted by molar-refractivity contribution is 5.85. The molecule has 0 saturated carbocycles. The molecular weight excluding hydrogens is 197 g/mol. The number of nitrogens with zero attached hydrogens (tertiary/aromatic N) is 2. The topological polar surface area (TPSA) is 29.9 Å². The van der Waals surface area contributed by atoms with Crippen LogP contribution in [0, 0.1) is 6.92 Å². The van der Waals surface area contributed by atoms with E-state index >= 15 is 0 Å². The number of aromatic nitrogens is 2. The van der Waals surface area contributed by atoms with Gasteiger partial charge in [0.2, 0.25) is 0 Å². The highest BCUT2D eigenvalue weighted by atomic mass is 35.5. The Balaban J connectivity index is 0.000000605. The Bertz CT molecular complexity index is 232. The quantitative estimate of drug-likeness (QED) is 0.754. The highest BCUT2D eigenvalue weighted by Gasteiger charge is 2.18. The second kappa shape index (κ2) is 4.70. The van der Waals surface area contributed by atoms with Crippen LogP contribution in [-0.2, 0) is 0 Å². The molecule has 0 spiro atoms. The molecule has 0 aliphatic carbocycles. The third kappa shape index (κ3) is 2.12. The molecule has 0 atom stereocenters. The van der Waals surface area contributed by atoms with E-state index in [0.717, 1.165) is 13.1 Å². The molecular formula is C7H13Cl2N3. The van der Waals surface area contributed by atoms with Gasteiger partial charge in [-0.25, -0.2) is 0 Å². The zero-order valence-electron chi connectivity index (χ0n) is 6.86. The van der Waals surface area contributed by atoms with E-state index in [2.05, 4.69) is 23.5 Å². The van der Waals surface area contributed by atoms with Crippen molar-refractivity contribution in [1.82, 2.24) is 15.1 Å². The molecule has 0 aromatic carbocycles. The average Bonchev–Trinajstić information content (AvgIpc) is 2.10. The maximum Gasteiger partial charge on any atom is 0.0767 e. The Labute approximate surface area is 84.3 Å². The van der Waals surface area contributed by atoms with Gasteiger partial charge in [0.05, 0.1) is 12.2 Å². The van der Waals surface area contributed by atoms with Gasteiger partial charge in [-0.05, 0) is 12.5 Å². The molecule has 3 nitrogen and oxygen atoms in total. The monoisotopic (exact) mass is 209 g/mol. The summed E-state index contributed by atoms with van der Waals surface area (Å²) in [5, 5.41) is 7.42. The standard InChI is InChI=1S/C7H11N3.2ClH/c1-6-2-9-10(5-6)7-3-8-4-7;;/h2,5,7-8H,3-4H2,1H3;2*1H. The van der Waals surface area contributed by atoms with Gasteiger partial charge < -0.3 is 5.32 Å². The van der Waals surface area contributed by atoms with Crippen LogP contribution in [-0.4, -0.2) is 22.9 Å². The van der Waals surface area contributed by atoms with E-state index in [1.165, 1.54) is 5.56 Å². The van der Waals surface area contributed by atoms with Crippen molar-refractivity contribution in [2.45, 2.75) is 13.0 Å². The molecule has 1 aliphatic heterocycles. The lowest BCUT2D eigenvalue weighted by Crippen LogP contribution is -2.43. The largest absolute Gasteiger partial charge is 0.312 e. The van der Waals surface area contributed by atoms with Crippen molar-refractivity contribution in [2.24, 2.45) is 0 Å². The SMILES string of the molecule is Cc1cnn(C2CNC2)c1.Cl.Cl. The molecule has 0 radical (unpaired) electrons. The van der Waals surface area contributed by atoms with Gasteiger partial charge in [-0.2, -0.15) is 5.10 Å². The molecule has 1 saturated heterocycles. The van der Waals surface area contributed by atoms with Gasteiger partial charge in [-0.15, -0.1) is 24.8 Å². The predicted molar refractivity (Wildman–Crippen MR) is 53.4 cm³/mol. The van der Waals surface area contributed by atoms with E-state index in [0.29, 0.717) is 6.04 Å². The van der Waals surface area contributed by atoms with Crippen molar-refractivity contribution in [3.63, 3.8) is 0 Å². The van der Waals surface area contributed by atoms with Gasteiger partial charge in [0.1, 0.15) is 0 Å². The third-order valence-electron chi connectivity index (χ3n) is 1.86. The number of hydrogen-bond acceptors (Lipinski definition) is 2. The lowest BCUT2D eigenvalue weighted by molar-refractivity contribution is 0.318. The summed E-state index contributed by atoms with van der Waals surface area (Å²) in [6.45, 7) is 4.21. The van der Waals surface area contributed by atoms with E-state index in [1.807, 2.05) is 10.9 Å². The van der Waals surface area contributed by atoms with Crippen LogP contribution in [0.15, 0.2) is 12.4 Å². The molecule has 70 valence electrons. The fraction of sp³-hybridized carbons (Fsp3) is 0.571. The number of rotatable bonds is 1. The Morgan fingerprint density at radius 2 is 2.17 bits per heavy atom. The van der Waals surface area contributed by atoms with Crippen LogP contribution in [0.2, 0.25) is 0 Å². The first-order chi connectivity index (χ1) is 4.86. The predicted octanol–water partition coefficient (Wildman–Crippen LogP) is 1.18. The molecule has 1 aromatic rings. The molecule has 1 N–H and O–H groups in total. The summed E-state index contributed by atoms with van der Waals surface area (Å²) >= 11 is 0. The first-order valence-corrected chi connectivity index (χ1v) is 3.58. The molecule has 2 heterocycles. The average molecular weight is 210 g/mol. The van der Waals surface area contributed by atoms with Crippen LogP contribution < -0.4 is 5.32 Å². The van der Waals surface area contributed by atoms with Crippen molar-refractivity contribution in [1.29, 1.82) is 0 Å². The number of nitrogens with one attached hydrogen (secondary N) is 1. The van der Waals surface area contributed by atoms with Crippen LogP contribution in [0.4, 0.5) is 0 Å². The smallest absolute Gasteiger partial charge is 0.0767 e. The molecule has 0 unspecified atom stereocenters. The van der Waals surface area contributed by atoms with Crippen molar-refractivity contribution < 1.29 is 0 Å². The van der Waals surface area contributed by atoms with Gasteiger partial charge in [-0.1, -0.05) is 0 Å². The van der Waals surface area contributed by atoms with E-state index in [1.54, 1.807) is 0 Å². The number of halogens is 2. The third-order valence-corrected chi connectivity index (χ3v) is 1.86. The normalized spacial score (nSPS) is 15.8. The molecule has 1 aromatic heterocycles. The zero-order chi connectivity index (χ0) is 6.97. The van der Waals surface area contributed by atoms with Gasteiger partial charge in [-0.3, -0.25) is 4.68 Å². The van der Waals surface area contributed by atoms with Gasteiger partial charge in [0.25, 0.3) is 0 Å². The molecule has 5 heteroatoms. The zero-order valence-corrected chi connectivity index (χ0v) is 8.49. The minimum absolute atomic E-state index is 0. The maximum absolute atomic E-state index is 4.21. The maximum atomic E-state index is 4.21. The fourth-order valence-electron chi connectivity index (χ4n) is 1.09. The Morgan fingerprint density at radius 3 is 2.50 bits per heavy atom. The van der Waals surface area contributed by atoms with E-state index in [-0.39, 0.29) is 24.8 Å². The lowest BCUT2D eigenvalue weighted by atomic mass is 10.2. The van der Waals surface area contributed by atoms with Crippen molar-refractivity contribution >= 4 is 24.8 Å². The van der Waals surface area contributed by atoms with Crippen LogP contribution in [0.1, 0.15) is 11.6 Å². The number of aryl methyl sites for hydroxylation is 1. The van der Waals surface area contributed by atoms with E-state index in [4.69, 9.17) is 0 Å². The van der Waals surface area contributed by atoms with E-state index < -0.39 is 0 Å². The molecule has 1 fully saturated rings. The second-order valence-corrected chi connectivity index (χ2v) is 2.81. The number of hydrogen-bond donors (Lipinski definition) is 1. The molecule has 12 heavy (non-hydrogen) atoms. The summed E-state index contributed by atoms with van der Waals surface area (Å²) < 4.78 is 2.03. The molecule has 0 amide bonds. The van der Waals surface area contributed by atoms with Gasteiger partial charge in [0, 0.05) is 19.3 Å². The highest BCUT2D eigenvalue weighted by Crippen LogP contribution is 2.10. The van der Waals surface area contributed by atoms with Gasteiger partial charge >= 0.3 is 0 Å². The van der Waals surface area contributed by atoms with Crippen molar-refractivity contribution in [2.75, 3.05) is 13.1 Å². The van der Waals surface area contributed by atoms with E-state index in [9.17, 15) is 0 Å². The van der Waals surface area contributed by atoms with Crippen LogP contribution in [0.5, 0.6) is 0 Å². The second-order valence-electron chi connectivity index (χ2n) is 2.81. The molecule has 0 bridgehead atoms. The minimum atomic E-state index is 0.